The lowest BCUT2D eigenvalue weighted by Gasteiger charge is -2.16. The van der Waals surface area contributed by atoms with Crippen molar-refractivity contribution >= 4 is 34.9 Å². The van der Waals surface area contributed by atoms with E-state index in [9.17, 15) is 19.7 Å². The second-order valence-corrected chi connectivity index (χ2v) is 6.20. The molecule has 2 rings (SSSR count). The van der Waals surface area contributed by atoms with Gasteiger partial charge in [-0.3, -0.25) is 14.9 Å². The van der Waals surface area contributed by atoms with Crippen LogP contribution >= 0.6 is 11.6 Å². The highest BCUT2D eigenvalue weighted by Gasteiger charge is 2.20. The molecule has 0 aromatic heterocycles. The molecular formula is C18H18ClN3O5. The lowest BCUT2D eigenvalue weighted by atomic mass is 10.1. The number of nitrogens with zero attached hydrogens (tertiary/aromatic N) is 2. The zero-order chi connectivity index (χ0) is 20.0. The Morgan fingerprint density at radius 2 is 1.93 bits per heavy atom. The van der Waals surface area contributed by atoms with Crippen molar-refractivity contribution in [2.75, 3.05) is 25.6 Å². The van der Waals surface area contributed by atoms with Crippen LogP contribution in [-0.4, -0.2) is 37.5 Å². The van der Waals surface area contributed by atoms with Gasteiger partial charge in [0.05, 0.1) is 16.2 Å². The Morgan fingerprint density at radius 1 is 1.22 bits per heavy atom. The number of halogens is 1. The summed E-state index contributed by atoms with van der Waals surface area (Å²) < 4.78 is 5.00. The van der Waals surface area contributed by atoms with E-state index in [1.165, 1.54) is 12.1 Å². The molecule has 1 amide bonds. The number of nitro groups is 1. The molecule has 0 unspecified atom stereocenters. The number of nitrogens with one attached hydrogen (secondary N) is 1. The molecule has 27 heavy (non-hydrogen) atoms. The zero-order valence-electron chi connectivity index (χ0n) is 14.8. The number of rotatable bonds is 7. The third kappa shape index (κ3) is 5.42. The maximum absolute atomic E-state index is 12.3. The van der Waals surface area contributed by atoms with Gasteiger partial charge in [-0.2, -0.15) is 0 Å². The second-order valence-electron chi connectivity index (χ2n) is 5.80. The molecule has 0 radical (unpaired) electrons. The lowest BCUT2D eigenvalue weighted by Crippen LogP contribution is -2.28. The molecular weight excluding hydrogens is 374 g/mol. The Balaban J connectivity index is 2.00. The van der Waals surface area contributed by atoms with Crippen molar-refractivity contribution in [3.63, 3.8) is 0 Å². The molecule has 1 N–H and O–H groups in total. The van der Waals surface area contributed by atoms with Gasteiger partial charge >= 0.3 is 5.97 Å². The summed E-state index contributed by atoms with van der Waals surface area (Å²) in [6, 6.07) is 10.9. The number of anilines is 1. The molecule has 0 heterocycles. The van der Waals surface area contributed by atoms with Crippen LogP contribution in [-0.2, 0) is 16.1 Å². The number of hydrogen-bond acceptors (Lipinski definition) is 6. The highest BCUT2D eigenvalue weighted by molar-refractivity contribution is 6.31. The Labute approximate surface area is 160 Å². The summed E-state index contributed by atoms with van der Waals surface area (Å²) >= 11 is 6.01. The number of non-ortho nitro benzene ring substituents is 1. The highest BCUT2D eigenvalue weighted by Crippen LogP contribution is 2.25. The molecule has 0 saturated heterocycles. The van der Waals surface area contributed by atoms with Crippen LogP contribution in [0.4, 0.5) is 11.4 Å². The van der Waals surface area contributed by atoms with E-state index in [1.807, 2.05) is 0 Å². The summed E-state index contributed by atoms with van der Waals surface area (Å²) in [6.07, 6.45) is 0. The fourth-order valence-electron chi connectivity index (χ4n) is 2.29. The Hall–Kier alpha value is -3.13. The van der Waals surface area contributed by atoms with Crippen LogP contribution in [0.15, 0.2) is 42.5 Å². The van der Waals surface area contributed by atoms with E-state index in [1.54, 1.807) is 43.3 Å². The molecule has 0 aliphatic heterocycles. The number of benzene rings is 2. The van der Waals surface area contributed by atoms with Crippen molar-refractivity contribution in [2.24, 2.45) is 0 Å². The van der Waals surface area contributed by atoms with Gasteiger partial charge in [-0.1, -0.05) is 29.8 Å². The number of hydrogen-bond donors (Lipinski definition) is 1. The van der Waals surface area contributed by atoms with Crippen molar-refractivity contribution in [3.05, 3.63) is 68.7 Å². The molecule has 0 bridgehead atoms. The molecule has 2 aromatic rings. The van der Waals surface area contributed by atoms with Gasteiger partial charge in [0.2, 0.25) is 0 Å². The van der Waals surface area contributed by atoms with E-state index in [2.05, 4.69) is 5.32 Å². The van der Waals surface area contributed by atoms with Gasteiger partial charge < -0.3 is 15.0 Å². The number of nitro benzene ring substituents is 1. The first kappa shape index (κ1) is 20.2. The van der Waals surface area contributed by atoms with Gasteiger partial charge in [0, 0.05) is 37.8 Å². The van der Waals surface area contributed by atoms with Gasteiger partial charge in [0.15, 0.2) is 6.61 Å². The molecule has 0 spiro atoms. The molecule has 8 nitrogen and oxygen atoms in total. The van der Waals surface area contributed by atoms with Crippen LogP contribution in [0.25, 0.3) is 0 Å². The minimum atomic E-state index is -0.824. The summed E-state index contributed by atoms with van der Waals surface area (Å²) in [7, 11) is 3.38. The van der Waals surface area contributed by atoms with Crippen LogP contribution in [0.3, 0.4) is 0 Å². The van der Waals surface area contributed by atoms with Crippen LogP contribution in [0, 0.1) is 10.1 Å². The number of carbonyl (C=O) groups is 2. The largest absolute Gasteiger partial charge is 0.452 e. The minimum Gasteiger partial charge on any atom is -0.452 e. The third-order valence-electron chi connectivity index (χ3n) is 3.66. The van der Waals surface area contributed by atoms with E-state index in [0.717, 1.165) is 11.6 Å². The Bertz CT molecular complexity index is 870. The highest BCUT2D eigenvalue weighted by atomic mass is 35.5. The quantitative estimate of drug-likeness (QED) is 0.442. The number of ether oxygens (including phenoxy) is 1. The maximum atomic E-state index is 12.3. The Kier molecular flexibility index (Phi) is 6.73. The van der Waals surface area contributed by atoms with Crippen molar-refractivity contribution in [1.29, 1.82) is 0 Å². The monoisotopic (exact) mass is 391 g/mol. The van der Waals surface area contributed by atoms with Crippen molar-refractivity contribution < 1.29 is 19.2 Å². The van der Waals surface area contributed by atoms with Crippen LogP contribution in [0.2, 0.25) is 5.02 Å². The van der Waals surface area contributed by atoms with Crippen LogP contribution in [0.5, 0.6) is 0 Å². The summed E-state index contributed by atoms with van der Waals surface area (Å²) in [5.41, 5.74) is 0.943. The van der Waals surface area contributed by atoms with Crippen molar-refractivity contribution in [1.82, 2.24) is 5.32 Å². The van der Waals surface area contributed by atoms with E-state index in [-0.39, 0.29) is 17.8 Å². The Morgan fingerprint density at radius 3 is 2.56 bits per heavy atom. The average Bonchev–Trinajstić information content (AvgIpc) is 2.64. The van der Waals surface area contributed by atoms with Gasteiger partial charge in [-0.05, 0) is 17.7 Å². The van der Waals surface area contributed by atoms with Crippen LogP contribution < -0.4 is 10.2 Å². The maximum Gasteiger partial charge on any atom is 0.341 e. The molecule has 142 valence electrons. The van der Waals surface area contributed by atoms with Gasteiger partial charge in [0.1, 0.15) is 0 Å². The molecule has 0 saturated carbocycles. The predicted octanol–water partition coefficient (Wildman–Crippen LogP) is 2.79. The fraction of sp³-hybridized carbons (Fsp3) is 0.222. The molecule has 0 fully saturated rings. The van der Waals surface area contributed by atoms with E-state index < -0.39 is 23.4 Å². The molecule has 2 aromatic carbocycles. The predicted molar refractivity (Wildman–Crippen MR) is 101 cm³/mol. The van der Waals surface area contributed by atoms with Crippen LogP contribution in [0.1, 0.15) is 15.9 Å². The SMILES string of the molecule is CN(C)c1ccc([N+](=O)[O-])cc1C(=O)OCC(=O)NCc1ccccc1Cl. The molecule has 0 aliphatic rings. The van der Waals surface area contributed by atoms with E-state index in [0.29, 0.717) is 10.7 Å². The number of esters is 1. The zero-order valence-corrected chi connectivity index (χ0v) is 15.5. The van der Waals surface area contributed by atoms with Gasteiger partial charge in [-0.25, -0.2) is 4.79 Å². The van der Waals surface area contributed by atoms with Crippen molar-refractivity contribution in [2.45, 2.75) is 6.54 Å². The van der Waals surface area contributed by atoms with E-state index in [4.69, 9.17) is 16.3 Å². The fourth-order valence-corrected chi connectivity index (χ4v) is 2.49. The van der Waals surface area contributed by atoms with Crippen molar-refractivity contribution in [3.8, 4) is 0 Å². The molecule has 9 heteroatoms. The second kappa shape index (κ2) is 9.00. The first-order valence-corrected chi connectivity index (χ1v) is 8.30. The lowest BCUT2D eigenvalue weighted by molar-refractivity contribution is -0.384. The first-order valence-electron chi connectivity index (χ1n) is 7.92. The standard InChI is InChI=1S/C18H18ClN3O5/c1-21(2)16-8-7-13(22(25)26)9-14(16)18(24)27-11-17(23)20-10-12-5-3-4-6-15(12)19/h3-9H,10-11H2,1-2H3,(H,20,23). The molecule has 0 atom stereocenters. The topological polar surface area (TPSA) is 102 Å². The first-order chi connectivity index (χ1) is 12.8. The summed E-state index contributed by atoms with van der Waals surface area (Å²) in [5, 5.41) is 14.0. The normalized spacial score (nSPS) is 10.2. The number of carbonyl (C=O) groups excluding carboxylic acids is 2. The number of amides is 1. The summed E-state index contributed by atoms with van der Waals surface area (Å²) in [6.45, 7) is -0.325. The van der Waals surface area contributed by atoms with Gasteiger partial charge in [0.25, 0.3) is 11.6 Å². The summed E-state index contributed by atoms with van der Waals surface area (Å²) in [5.74, 6) is -1.34. The molecule has 0 aliphatic carbocycles. The smallest absolute Gasteiger partial charge is 0.341 e. The summed E-state index contributed by atoms with van der Waals surface area (Å²) in [4.78, 5) is 36.2. The minimum absolute atomic E-state index is 0.00750. The average molecular weight is 392 g/mol. The third-order valence-corrected chi connectivity index (χ3v) is 4.03. The van der Waals surface area contributed by atoms with E-state index >= 15 is 0 Å². The van der Waals surface area contributed by atoms with Gasteiger partial charge in [-0.15, -0.1) is 0 Å².